The van der Waals surface area contributed by atoms with Gasteiger partial charge in [0.2, 0.25) is 11.8 Å². The van der Waals surface area contributed by atoms with E-state index >= 15 is 0 Å². The maximum Gasteiger partial charge on any atom is 0.249 e. The van der Waals surface area contributed by atoms with Crippen molar-refractivity contribution in [3.8, 4) is 0 Å². The number of benzene rings is 1. The van der Waals surface area contributed by atoms with Crippen molar-refractivity contribution in [2.75, 3.05) is 26.8 Å². The number of amides is 2. The van der Waals surface area contributed by atoms with Gasteiger partial charge in [-0.1, -0.05) is 31.2 Å². The zero-order chi connectivity index (χ0) is 21.0. The van der Waals surface area contributed by atoms with E-state index in [1.165, 1.54) is 23.1 Å². The van der Waals surface area contributed by atoms with Gasteiger partial charge in [0, 0.05) is 24.6 Å². The number of aryl methyl sites for hydroxylation is 1. The van der Waals surface area contributed by atoms with Gasteiger partial charge in [-0.25, -0.2) is 0 Å². The van der Waals surface area contributed by atoms with Gasteiger partial charge in [0.15, 0.2) is 0 Å². The molecule has 5 nitrogen and oxygen atoms in total. The molecule has 0 spiro atoms. The van der Waals surface area contributed by atoms with Crippen molar-refractivity contribution in [3.05, 3.63) is 57.3 Å². The summed E-state index contributed by atoms with van der Waals surface area (Å²) in [7, 11) is 1.51. The van der Waals surface area contributed by atoms with Gasteiger partial charge < -0.3 is 14.5 Å². The Morgan fingerprint density at radius 1 is 1.28 bits per heavy atom. The van der Waals surface area contributed by atoms with Gasteiger partial charge >= 0.3 is 0 Å². The number of nitrogens with zero attached hydrogens (tertiary/aromatic N) is 2. The van der Waals surface area contributed by atoms with Crippen LogP contribution in [0, 0.1) is 6.92 Å². The summed E-state index contributed by atoms with van der Waals surface area (Å²) >= 11 is 1.76. The molecular formula is C23H30N2O3S. The average molecular weight is 415 g/mol. The highest BCUT2D eigenvalue weighted by Gasteiger charge is 2.35. The quantitative estimate of drug-likeness (QED) is 0.692. The molecular weight excluding hydrogens is 384 g/mol. The van der Waals surface area contributed by atoms with E-state index in [1.807, 2.05) is 30.9 Å². The standard InChI is InChI=1S/C23H30N2O3S/c1-5-17(3)25(22(27)15-28-4)14-21(26)24-12-10-20-19(11-13-29-20)23(24)18-9-7-6-8-16(18)2/h6-9,11,13,17,23H,5,10,12,14-15H2,1-4H3/t17-,23-/m1/s1. The second-order valence-electron chi connectivity index (χ2n) is 7.61. The van der Waals surface area contributed by atoms with Crippen LogP contribution >= 0.6 is 11.3 Å². The molecule has 2 atom stereocenters. The molecule has 0 radical (unpaired) electrons. The second-order valence-corrected chi connectivity index (χ2v) is 8.61. The fraction of sp³-hybridized carbons (Fsp3) is 0.478. The highest BCUT2D eigenvalue weighted by Crippen LogP contribution is 2.39. The van der Waals surface area contributed by atoms with Crippen LogP contribution in [0.15, 0.2) is 35.7 Å². The lowest BCUT2D eigenvalue weighted by atomic mass is 9.90. The molecule has 0 saturated carbocycles. The predicted molar refractivity (Wildman–Crippen MR) is 116 cm³/mol. The summed E-state index contributed by atoms with van der Waals surface area (Å²) in [6.07, 6.45) is 1.65. The van der Waals surface area contributed by atoms with E-state index in [0.717, 1.165) is 18.4 Å². The monoisotopic (exact) mass is 414 g/mol. The molecule has 1 aromatic carbocycles. The van der Waals surface area contributed by atoms with Crippen LogP contribution in [0.5, 0.6) is 0 Å². The summed E-state index contributed by atoms with van der Waals surface area (Å²) in [5, 5.41) is 2.11. The highest BCUT2D eigenvalue weighted by molar-refractivity contribution is 7.10. The largest absolute Gasteiger partial charge is 0.375 e. The van der Waals surface area contributed by atoms with Gasteiger partial charge in [-0.3, -0.25) is 9.59 Å². The number of carbonyl (C=O) groups is 2. The number of methoxy groups -OCH3 is 1. The summed E-state index contributed by atoms with van der Waals surface area (Å²) in [5.41, 5.74) is 3.53. The van der Waals surface area contributed by atoms with Gasteiger partial charge in [0.05, 0.1) is 6.04 Å². The molecule has 2 aromatic rings. The van der Waals surface area contributed by atoms with Crippen molar-refractivity contribution < 1.29 is 14.3 Å². The SMILES string of the molecule is CC[C@@H](C)N(CC(=O)N1CCc2sccc2[C@H]1c1ccccc1C)C(=O)COC. The third-order valence-corrected chi connectivity index (χ3v) is 6.78. The van der Waals surface area contributed by atoms with E-state index in [9.17, 15) is 9.59 Å². The summed E-state index contributed by atoms with van der Waals surface area (Å²) in [4.78, 5) is 31.0. The second kappa shape index (κ2) is 9.55. The first kappa shape index (κ1) is 21.5. The zero-order valence-electron chi connectivity index (χ0n) is 17.7. The number of hydrogen-bond acceptors (Lipinski definition) is 4. The Morgan fingerprint density at radius 2 is 2.03 bits per heavy atom. The van der Waals surface area contributed by atoms with Crippen LogP contribution < -0.4 is 0 Å². The van der Waals surface area contributed by atoms with Crippen molar-refractivity contribution >= 4 is 23.2 Å². The minimum absolute atomic E-state index is 0.00643. The molecule has 1 aliphatic heterocycles. The van der Waals surface area contributed by atoms with Crippen LogP contribution in [0.4, 0.5) is 0 Å². The first-order chi connectivity index (χ1) is 14.0. The first-order valence-corrected chi connectivity index (χ1v) is 11.1. The van der Waals surface area contributed by atoms with Crippen LogP contribution in [0.3, 0.4) is 0 Å². The number of carbonyl (C=O) groups excluding carboxylic acids is 2. The van der Waals surface area contributed by atoms with Crippen LogP contribution in [0.25, 0.3) is 0 Å². The third-order valence-electron chi connectivity index (χ3n) is 5.79. The van der Waals surface area contributed by atoms with E-state index in [-0.39, 0.29) is 37.0 Å². The van der Waals surface area contributed by atoms with Crippen molar-refractivity contribution in [1.29, 1.82) is 0 Å². The molecule has 2 heterocycles. The summed E-state index contributed by atoms with van der Waals surface area (Å²) in [5.74, 6) is -0.157. The minimum atomic E-state index is -0.143. The lowest BCUT2D eigenvalue weighted by Gasteiger charge is -2.39. The van der Waals surface area contributed by atoms with Crippen LogP contribution in [-0.2, 0) is 20.7 Å². The molecule has 1 aliphatic rings. The zero-order valence-corrected chi connectivity index (χ0v) is 18.5. The van der Waals surface area contributed by atoms with E-state index in [1.54, 1.807) is 16.2 Å². The van der Waals surface area contributed by atoms with Crippen LogP contribution in [-0.4, -0.2) is 54.5 Å². The van der Waals surface area contributed by atoms with Gasteiger partial charge in [0.25, 0.3) is 0 Å². The summed E-state index contributed by atoms with van der Waals surface area (Å²) < 4.78 is 5.03. The summed E-state index contributed by atoms with van der Waals surface area (Å²) in [6, 6.07) is 10.3. The smallest absolute Gasteiger partial charge is 0.249 e. The Morgan fingerprint density at radius 3 is 2.72 bits per heavy atom. The molecule has 0 N–H and O–H groups in total. The molecule has 2 amide bonds. The average Bonchev–Trinajstić information content (AvgIpc) is 3.20. The maximum absolute atomic E-state index is 13.5. The van der Waals surface area contributed by atoms with Crippen LogP contribution in [0.2, 0.25) is 0 Å². The van der Waals surface area contributed by atoms with E-state index in [0.29, 0.717) is 6.54 Å². The fourth-order valence-electron chi connectivity index (χ4n) is 3.97. The maximum atomic E-state index is 13.5. The molecule has 1 aromatic heterocycles. The lowest BCUT2D eigenvalue weighted by Crippen LogP contribution is -2.50. The van der Waals surface area contributed by atoms with Crippen molar-refractivity contribution in [2.45, 2.75) is 45.7 Å². The Hall–Kier alpha value is -2.18. The van der Waals surface area contributed by atoms with Crippen molar-refractivity contribution in [3.63, 3.8) is 0 Å². The Kier molecular flexibility index (Phi) is 7.09. The molecule has 0 bridgehead atoms. The molecule has 0 saturated heterocycles. The van der Waals surface area contributed by atoms with Gasteiger partial charge in [0.1, 0.15) is 13.2 Å². The molecule has 29 heavy (non-hydrogen) atoms. The molecule has 0 fully saturated rings. The van der Waals surface area contributed by atoms with Crippen molar-refractivity contribution in [1.82, 2.24) is 9.80 Å². The number of ether oxygens (including phenoxy) is 1. The fourth-order valence-corrected chi connectivity index (χ4v) is 4.87. The predicted octanol–water partition coefficient (Wildman–Crippen LogP) is 3.80. The normalized spacial score (nSPS) is 17.0. The van der Waals surface area contributed by atoms with Gasteiger partial charge in [-0.05, 0) is 54.8 Å². The van der Waals surface area contributed by atoms with Crippen LogP contribution in [0.1, 0.15) is 47.9 Å². The van der Waals surface area contributed by atoms with E-state index in [2.05, 4.69) is 30.5 Å². The highest BCUT2D eigenvalue weighted by atomic mass is 32.1. The number of hydrogen-bond donors (Lipinski definition) is 0. The number of rotatable bonds is 7. The number of thiophene rings is 1. The first-order valence-electron chi connectivity index (χ1n) is 10.2. The number of fused-ring (bicyclic) bond motifs is 1. The lowest BCUT2D eigenvalue weighted by molar-refractivity contribution is -0.145. The molecule has 0 unspecified atom stereocenters. The topological polar surface area (TPSA) is 49.9 Å². The molecule has 156 valence electrons. The Labute approximate surface area is 177 Å². The summed E-state index contributed by atoms with van der Waals surface area (Å²) in [6.45, 7) is 6.83. The molecule has 6 heteroatoms. The van der Waals surface area contributed by atoms with Crippen molar-refractivity contribution in [2.24, 2.45) is 0 Å². The third kappa shape index (κ3) is 4.54. The molecule has 3 rings (SSSR count). The van der Waals surface area contributed by atoms with E-state index in [4.69, 9.17) is 4.74 Å². The Bertz CT molecular complexity index is 863. The van der Waals surface area contributed by atoms with E-state index < -0.39 is 0 Å². The van der Waals surface area contributed by atoms with Gasteiger partial charge in [-0.15, -0.1) is 11.3 Å². The van der Waals surface area contributed by atoms with Gasteiger partial charge in [-0.2, -0.15) is 0 Å². The minimum Gasteiger partial charge on any atom is -0.375 e. The molecule has 0 aliphatic carbocycles. The Balaban J connectivity index is 1.92.